The van der Waals surface area contributed by atoms with Gasteiger partial charge >= 0.3 is 0 Å². The monoisotopic (exact) mass is 301 g/mol. The summed E-state index contributed by atoms with van der Waals surface area (Å²) in [5.41, 5.74) is 6.16. The average molecular weight is 302 g/mol. The molecule has 0 aliphatic rings. The van der Waals surface area contributed by atoms with Crippen LogP contribution in [0.4, 0.5) is 4.39 Å². The first-order valence-corrected chi connectivity index (χ1v) is 6.29. The van der Waals surface area contributed by atoms with Crippen molar-refractivity contribution >= 4 is 27.3 Å². The Morgan fingerprint density at radius 1 is 1.38 bits per heavy atom. The molecule has 0 saturated carbocycles. The smallest absolute Gasteiger partial charge is 0.147 e. The Hall–Kier alpha value is -0.850. The van der Waals surface area contributed by atoms with Crippen molar-refractivity contribution in [1.82, 2.24) is 10.2 Å². The molecule has 0 fully saturated rings. The summed E-state index contributed by atoms with van der Waals surface area (Å²) in [4.78, 5) is 0. The summed E-state index contributed by atoms with van der Waals surface area (Å²) in [6.45, 7) is 0.545. The lowest BCUT2D eigenvalue weighted by Gasteiger charge is -1.97. The maximum absolute atomic E-state index is 13.3. The van der Waals surface area contributed by atoms with Gasteiger partial charge in [0.15, 0.2) is 0 Å². The van der Waals surface area contributed by atoms with E-state index in [1.807, 2.05) is 0 Å². The van der Waals surface area contributed by atoms with Gasteiger partial charge in [-0.15, -0.1) is 10.2 Å². The van der Waals surface area contributed by atoms with Crippen LogP contribution < -0.4 is 5.73 Å². The third kappa shape index (κ3) is 2.45. The highest BCUT2D eigenvalue weighted by atomic mass is 79.9. The molecule has 84 valence electrons. The molecule has 0 spiro atoms. The lowest BCUT2D eigenvalue weighted by molar-refractivity contribution is 0.621. The predicted molar refractivity (Wildman–Crippen MR) is 65.8 cm³/mol. The summed E-state index contributed by atoms with van der Waals surface area (Å²) in [6, 6.07) is 4.91. The number of halogens is 2. The van der Waals surface area contributed by atoms with Crippen LogP contribution in [0.25, 0.3) is 10.6 Å². The van der Waals surface area contributed by atoms with E-state index >= 15 is 0 Å². The minimum absolute atomic E-state index is 0.298. The van der Waals surface area contributed by atoms with E-state index in [-0.39, 0.29) is 5.82 Å². The molecule has 0 saturated heterocycles. The van der Waals surface area contributed by atoms with Crippen molar-refractivity contribution in [1.29, 1.82) is 0 Å². The molecule has 0 atom stereocenters. The number of nitrogens with two attached hydrogens (primary N) is 1. The largest absolute Gasteiger partial charge is 0.330 e. The quantitative estimate of drug-likeness (QED) is 0.948. The van der Waals surface area contributed by atoms with Crippen LogP contribution >= 0.6 is 27.3 Å². The molecule has 0 amide bonds. The minimum Gasteiger partial charge on any atom is -0.330 e. The second kappa shape index (κ2) is 4.99. The highest BCUT2D eigenvalue weighted by Gasteiger charge is 2.08. The molecule has 1 aromatic heterocycles. The van der Waals surface area contributed by atoms with Gasteiger partial charge in [0.25, 0.3) is 0 Å². The maximum Gasteiger partial charge on any atom is 0.147 e. The Morgan fingerprint density at radius 2 is 2.19 bits per heavy atom. The fourth-order valence-electron chi connectivity index (χ4n) is 1.22. The van der Waals surface area contributed by atoms with Crippen molar-refractivity contribution in [2.75, 3.05) is 6.54 Å². The number of nitrogens with zero attached hydrogens (tertiary/aromatic N) is 2. The molecule has 0 aliphatic heterocycles. The number of hydrogen-bond acceptors (Lipinski definition) is 4. The third-order valence-electron chi connectivity index (χ3n) is 1.99. The van der Waals surface area contributed by atoms with E-state index in [4.69, 9.17) is 5.73 Å². The Morgan fingerprint density at radius 3 is 2.88 bits per heavy atom. The average Bonchev–Trinajstić information content (AvgIpc) is 2.71. The topological polar surface area (TPSA) is 51.8 Å². The second-order valence-electron chi connectivity index (χ2n) is 3.17. The number of benzene rings is 1. The molecule has 0 bridgehead atoms. The molecule has 0 unspecified atom stereocenters. The lowest BCUT2D eigenvalue weighted by Crippen LogP contribution is -2.01. The van der Waals surface area contributed by atoms with Crippen molar-refractivity contribution in [3.05, 3.63) is 33.5 Å². The van der Waals surface area contributed by atoms with Crippen molar-refractivity contribution in [2.45, 2.75) is 6.42 Å². The van der Waals surface area contributed by atoms with Crippen LogP contribution in [0.15, 0.2) is 22.7 Å². The summed E-state index contributed by atoms with van der Waals surface area (Å²) < 4.78 is 13.8. The van der Waals surface area contributed by atoms with Crippen LogP contribution in [-0.2, 0) is 6.42 Å². The van der Waals surface area contributed by atoms with Crippen LogP contribution in [0.1, 0.15) is 5.01 Å². The Bertz CT molecular complexity index is 501. The summed E-state index contributed by atoms with van der Waals surface area (Å²) in [6.07, 6.45) is 0.705. The summed E-state index contributed by atoms with van der Waals surface area (Å²) in [5, 5.41) is 9.59. The standard InChI is InChI=1S/C10H9BrFN3S/c11-7-2-1-6(5-8(7)12)10-15-14-9(16-10)3-4-13/h1-2,5H,3-4,13H2. The van der Waals surface area contributed by atoms with Crippen LogP contribution in [0, 0.1) is 5.82 Å². The van der Waals surface area contributed by atoms with Crippen molar-refractivity contribution < 1.29 is 4.39 Å². The number of aromatic nitrogens is 2. The normalized spacial score (nSPS) is 10.7. The van der Waals surface area contributed by atoms with Gasteiger partial charge in [-0.05, 0) is 34.6 Å². The summed E-state index contributed by atoms with van der Waals surface area (Å²) in [5.74, 6) is -0.298. The van der Waals surface area contributed by atoms with E-state index in [1.54, 1.807) is 12.1 Å². The van der Waals surface area contributed by atoms with Crippen molar-refractivity contribution in [3.8, 4) is 10.6 Å². The molecule has 3 nitrogen and oxygen atoms in total. The Balaban J connectivity index is 2.31. The first-order valence-electron chi connectivity index (χ1n) is 4.68. The molecule has 1 heterocycles. The van der Waals surface area contributed by atoms with Gasteiger partial charge in [-0.25, -0.2) is 4.39 Å². The van der Waals surface area contributed by atoms with E-state index in [2.05, 4.69) is 26.1 Å². The number of rotatable bonds is 3. The zero-order valence-corrected chi connectivity index (χ0v) is 10.7. The van der Waals surface area contributed by atoms with Gasteiger partial charge in [0.05, 0.1) is 4.47 Å². The molecule has 1 aromatic carbocycles. The highest BCUT2D eigenvalue weighted by Crippen LogP contribution is 2.26. The molecule has 6 heteroatoms. The SMILES string of the molecule is NCCc1nnc(-c2ccc(Br)c(F)c2)s1. The maximum atomic E-state index is 13.3. The molecule has 16 heavy (non-hydrogen) atoms. The predicted octanol–water partition coefficient (Wildman–Crippen LogP) is 2.61. The van der Waals surface area contributed by atoms with Crippen LogP contribution in [-0.4, -0.2) is 16.7 Å². The second-order valence-corrected chi connectivity index (χ2v) is 5.08. The van der Waals surface area contributed by atoms with Crippen LogP contribution in [0.5, 0.6) is 0 Å². The molecule has 0 aliphatic carbocycles. The molecule has 2 rings (SSSR count). The van der Waals surface area contributed by atoms with E-state index in [1.165, 1.54) is 17.4 Å². The lowest BCUT2D eigenvalue weighted by atomic mass is 10.2. The van der Waals surface area contributed by atoms with E-state index in [9.17, 15) is 4.39 Å². The van der Waals surface area contributed by atoms with Gasteiger partial charge in [-0.1, -0.05) is 17.4 Å². The molecule has 2 aromatic rings. The van der Waals surface area contributed by atoms with Crippen LogP contribution in [0.2, 0.25) is 0 Å². The Kier molecular flexibility index (Phi) is 3.63. The molecule has 0 radical (unpaired) electrons. The zero-order chi connectivity index (χ0) is 11.5. The molecular weight excluding hydrogens is 293 g/mol. The summed E-state index contributed by atoms with van der Waals surface area (Å²) in [7, 11) is 0. The van der Waals surface area contributed by atoms with Gasteiger partial charge in [0, 0.05) is 12.0 Å². The van der Waals surface area contributed by atoms with Gasteiger partial charge in [-0.2, -0.15) is 0 Å². The fraction of sp³-hybridized carbons (Fsp3) is 0.200. The first kappa shape index (κ1) is 11.6. The summed E-state index contributed by atoms with van der Waals surface area (Å²) >= 11 is 4.55. The van der Waals surface area contributed by atoms with Gasteiger partial charge in [0.2, 0.25) is 0 Å². The van der Waals surface area contributed by atoms with E-state index < -0.39 is 0 Å². The highest BCUT2D eigenvalue weighted by molar-refractivity contribution is 9.10. The fourth-order valence-corrected chi connectivity index (χ4v) is 2.32. The van der Waals surface area contributed by atoms with Crippen molar-refractivity contribution in [2.24, 2.45) is 5.73 Å². The minimum atomic E-state index is -0.298. The van der Waals surface area contributed by atoms with Crippen LogP contribution in [0.3, 0.4) is 0 Å². The number of hydrogen-bond donors (Lipinski definition) is 1. The first-order chi connectivity index (χ1) is 7.70. The van der Waals surface area contributed by atoms with E-state index in [0.717, 1.165) is 15.6 Å². The molecule has 2 N–H and O–H groups in total. The van der Waals surface area contributed by atoms with Gasteiger partial charge in [-0.3, -0.25) is 0 Å². The Labute approximate surface area is 105 Å². The van der Waals surface area contributed by atoms with E-state index in [0.29, 0.717) is 17.4 Å². The third-order valence-corrected chi connectivity index (χ3v) is 3.67. The van der Waals surface area contributed by atoms with Gasteiger partial charge in [0.1, 0.15) is 15.8 Å². The zero-order valence-electron chi connectivity index (χ0n) is 8.28. The molecular formula is C10H9BrFN3S. The van der Waals surface area contributed by atoms with Crippen molar-refractivity contribution in [3.63, 3.8) is 0 Å². The van der Waals surface area contributed by atoms with Gasteiger partial charge < -0.3 is 5.73 Å².